The molecule has 4 aliphatic rings. The van der Waals surface area contributed by atoms with E-state index in [4.69, 9.17) is 18.9 Å². The highest BCUT2D eigenvalue weighted by molar-refractivity contribution is 5.91. The third-order valence-electron chi connectivity index (χ3n) is 8.45. The molecule has 39 heavy (non-hydrogen) atoms. The Morgan fingerprint density at radius 1 is 0.923 bits per heavy atom. The van der Waals surface area contributed by atoms with E-state index < -0.39 is 6.29 Å². The lowest BCUT2D eigenvalue weighted by Crippen LogP contribution is -2.49. The Balaban J connectivity index is 1.06. The first-order valence-corrected chi connectivity index (χ1v) is 14.2. The molecule has 0 bridgehead atoms. The van der Waals surface area contributed by atoms with Crippen LogP contribution in [0.4, 0.5) is 0 Å². The van der Waals surface area contributed by atoms with Gasteiger partial charge in [0.2, 0.25) is 13.1 Å². The summed E-state index contributed by atoms with van der Waals surface area (Å²) < 4.78 is 23.3. The van der Waals surface area contributed by atoms with Crippen LogP contribution in [0, 0.1) is 11.8 Å². The van der Waals surface area contributed by atoms with E-state index in [0.29, 0.717) is 37.3 Å². The normalized spacial score (nSPS) is 23.5. The summed E-state index contributed by atoms with van der Waals surface area (Å²) >= 11 is 0. The topological polar surface area (TPSA) is 80.7 Å². The molecule has 1 aliphatic carbocycles. The van der Waals surface area contributed by atoms with Crippen molar-refractivity contribution in [2.24, 2.45) is 11.8 Å². The lowest BCUT2D eigenvalue weighted by molar-refractivity contribution is -0.161. The van der Waals surface area contributed by atoms with Crippen LogP contribution in [0.1, 0.15) is 48.8 Å². The van der Waals surface area contributed by atoms with Crippen molar-refractivity contribution in [1.29, 1.82) is 0 Å². The van der Waals surface area contributed by atoms with E-state index in [2.05, 4.69) is 17.0 Å². The van der Waals surface area contributed by atoms with Gasteiger partial charge in [-0.15, -0.1) is 0 Å². The van der Waals surface area contributed by atoms with E-state index in [1.54, 1.807) is 0 Å². The van der Waals surface area contributed by atoms with Crippen LogP contribution in [0.5, 0.6) is 11.5 Å². The zero-order chi connectivity index (χ0) is 26.6. The first-order chi connectivity index (χ1) is 19.1. The van der Waals surface area contributed by atoms with Crippen LogP contribution in [0.2, 0.25) is 0 Å². The molecule has 8 nitrogen and oxygen atoms in total. The molecule has 2 fully saturated rings. The Kier molecular flexibility index (Phi) is 8.04. The molecule has 1 saturated heterocycles. The third-order valence-corrected chi connectivity index (χ3v) is 8.45. The van der Waals surface area contributed by atoms with Crippen LogP contribution in [0.15, 0.2) is 54.3 Å². The number of benzene rings is 2. The molecule has 1 saturated carbocycles. The Hall–Kier alpha value is -3.07. The number of hydrogen-bond acceptors (Lipinski definition) is 7. The number of hydrogen-bond donors (Lipinski definition) is 1. The zero-order valence-corrected chi connectivity index (χ0v) is 22.4. The Morgan fingerprint density at radius 2 is 1.64 bits per heavy atom. The average Bonchev–Trinajstić information content (AvgIpc) is 3.69. The first-order valence-electron chi connectivity index (χ1n) is 14.2. The predicted molar refractivity (Wildman–Crippen MR) is 145 cm³/mol. The molecular formula is C31H38N2O6. The van der Waals surface area contributed by atoms with Crippen molar-refractivity contribution in [1.82, 2.24) is 9.80 Å². The molecule has 2 aromatic carbocycles. The molecule has 0 aromatic heterocycles. The lowest BCUT2D eigenvalue weighted by atomic mass is 9.86. The van der Waals surface area contributed by atoms with Crippen LogP contribution in [0.3, 0.4) is 0 Å². The number of nitrogens with zero attached hydrogens (tertiary/aromatic N) is 2. The quantitative estimate of drug-likeness (QED) is 0.544. The van der Waals surface area contributed by atoms with Crippen LogP contribution < -0.4 is 9.47 Å². The van der Waals surface area contributed by atoms with Crippen molar-refractivity contribution in [3.8, 4) is 11.5 Å². The standard InChI is InChI=1S/C31H38N2O6/c34-19-22-5-7-23(8-6-22)20-36-30-17-26(25-3-1-2-4-25)16-29(39-30)31(35)33-13-11-32(12-14-33)18-24-9-10-27-28(15-24)38-21-37-27/h5-10,15-16,25-26,30,34H,1-4,11-14,17-21H2/t26-,30+/m1/s1. The van der Waals surface area contributed by atoms with Crippen molar-refractivity contribution in [2.45, 2.75) is 58.2 Å². The second kappa shape index (κ2) is 12.0. The minimum absolute atomic E-state index is 0.0266. The highest BCUT2D eigenvalue weighted by Crippen LogP contribution is 2.39. The van der Waals surface area contributed by atoms with Crippen molar-refractivity contribution in [3.63, 3.8) is 0 Å². The summed E-state index contributed by atoms with van der Waals surface area (Å²) in [6.45, 7) is 4.49. The largest absolute Gasteiger partial charge is 0.459 e. The van der Waals surface area contributed by atoms with Gasteiger partial charge >= 0.3 is 0 Å². The van der Waals surface area contributed by atoms with Crippen molar-refractivity contribution in [3.05, 3.63) is 71.0 Å². The SMILES string of the molecule is O=C(C1=C[C@@H](C2CCCC2)C[C@@H](OCc2ccc(CO)cc2)O1)N1CCN(Cc2ccc3c(c2)OCO3)CC1. The number of fused-ring (bicyclic) bond motifs is 1. The summed E-state index contributed by atoms with van der Waals surface area (Å²) in [5, 5.41) is 9.29. The molecule has 0 spiro atoms. The lowest BCUT2D eigenvalue weighted by Gasteiger charge is -2.37. The van der Waals surface area contributed by atoms with Crippen LogP contribution in [-0.4, -0.2) is 60.1 Å². The summed E-state index contributed by atoms with van der Waals surface area (Å²) in [6.07, 6.45) is 7.35. The Morgan fingerprint density at radius 3 is 2.41 bits per heavy atom. The minimum atomic E-state index is -0.440. The molecule has 8 heteroatoms. The van der Waals surface area contributed by atoms with Crippen molar-refractivity contribution in [2.75, 3.05) is 33.0 Å². The molecule has 3 heterocycles. The van der Waals surface area contributed by atoms with Gasteiger partial charge in [-0.1, -0.05) is 43.2 Å². The number of rotatable bonds is 8. The number of piperazine rings is 1. The van der Waals surface area contributed by atoms with E-state index >= 15 is 0 Å². The second-order valence-electron chi connectivity index (χ2n) is 11.1. The fourth-order valence-electron chi connectivity index (χ4n) is 6.14. The van der Waals surface area contributed by atoms with Gasteiger partial charge in [-0.3, -0.25) is 9.69 Å². The van der Waals surface area contributed by atoms with E-state index in [1.165, 1.54) is 31.2 Å². The monoisotopic (exact) mass is 534 g/mol. The predicted octanol–water partition coefficient (Wildman–Crippen LogP) is 4.21. The van der Waals surface area contributed by atoms with Crippen molar-refractivity contribution < 1.29 is 28.8 Å². The maximum absolute atomic E-state index is 13.6. The highest BCUT2D eigenvalue weighted by atomic mass is 16.7. The van der Waals surface area contributed by atoms with E-state index in [-0.39, 0.29) is 19.3 Å². The minimum Gasteiger partial charge on any atom is -0.459 e. The smallest absolute Gasteiger partial charge is 0.288 e. The van der Waals surface area contributed by atoms with Gasteiger partial charge in [0, 0.05) is 39.1 Å². The number of ether oxygens (including phenoxy) is 4. The summed E-state index contributed by atoms with van der Waals surface area (Å²) in [4.78, 5) is 17.9. The van der Waals surface area contributed by atoms with Gasteiger partial charge in [0.15, 0.2) is 17.3 Å². The molecule has 1 N–H and O–H groups in total. The third kappa shape index (κ3) is 6.24. The molecular weight excluding hydrogens is 496 g/mol. The Labute approximate surface area is 230 Å². The van der Waals surface area contributed by atoms with E-state index in [9.17, 15) is 9.90 Å². The number of carbonyl (C=O) groups is 1. The number of aliphatic hydroxyl groups is 1. The van der Waals surface area contributed by atoms with Gasteiger partial charge in [-0.2, -0.15) is 0 Å². The number of allylic oxidation sites excluding steroid dienone is 1. The molecule has 1 amide bonds. The van der Waals surface area contributed by atoms with Gasteiger partial charge in [-0.05, 0) is 59.6 Å². The zero-order valence-electron chi connectivity index (χ0n) is 22.4. The van der Waals surface area contributed by atoms with Gasteiger partial charge in [-0.25, -0.2) is 0 Å². The molecule has 0 radical (unpaired) electrons. The number of aliphatic hydroxyl groups excluding tert-OH is 1. The fraction of sp³-hybridized carbons (Fsp3) is 0.516. The maximum atomic E-state index is 13.6. The molecule has 2 atom stereocenters. The second-order valence-corrected chi connectivity index (χ2v) is 11.1. The maximum Gasteiger partial charge on any atom is 0.288 e. The first kappa shape index (κ1) is 26.2. The summed E-state index contributed by atoms with van der Waals surface area (Å²) in [5.74, 6) is 2.91. The molecule has 3 aliphatic heterocycles. The molecule has 208 valence electrons. The van der Waals surface area contributed by atoms with Crippen molar-refractivity contribution >= 4 is 5.91 Å². The van der Waals surface area contributed by atoms with E-state index in [0.717, 1.165) is 48.7 Å². The molecule has 6 rings (SSSR count). The van der Waals surface area contributed by atoms with Crippen LogP contribution in [-0.2, 0) is 34.0 Å². The van der Waals surface area contributed by atoms with Gasteiger partial charge in [0.1, 0.15) is 0 Å². The van der Waals surface area contributed by atoms with Crippen LogP contribution in [0.25, 0.3) is 0 Å². The number of amides is 1. The fourth-order valence-corrected chi connectivity index (χ4v) is 6.14. The van der Waals surface area contributed by atoms with Gasteiger partial charge < -0.3 is 29.0 Å². The Bertz CT molecular complexity index is 1170. The van der Waals surface area contributed by atoms with E-state index in [1.807, 2.05) is 41.3 Å². The average molecular weight is 535 g/mol. The van der Waals surface area contributed by atoms with Gasteiger partial charge in [0.05, 0.1) is 13.2 Å². The molecule has 0 unspecified atom stereocenters. The highest BCUT2D eigenvalue weighted by Gasteiger charge is 2.35. The summed E-state index contributed by atoms with van der Waals surface area (Å²) in [5.41, 5.74) is 3.08. The van der Waals surface area contributed by atoms with Gasteiger partial charge in [0.25, 0.3) is 5.91 Å². The summed E-state index contributed by atoms with van der Waals surface area (Å²) in [7, 11) is 0. The van der Waals surface area contributed by atoms with Crippen LogP contribution >= 0.6 is 0 Å². The number of carbonyl (C=O) groups excluding carboxylic acids is 1. The molecule has 2 aromatic rings. The summed E-state index contributed by atoms with van der Waals surface area (Å²) in [6, 6.07) is 13.8.